The lowest BCUT2D eigenvalue weighted by Gasteiger charge is -2.58. The van der Waals surface area contributed by atoms with E-state index in [1.165, 1.54) is 55.0 Å². The summed E-state index contributed by atoms with van der Waals surface area (Å²) in [6, 6.07) is 11.3. The number of aromatic amines is 1. The molecule has 2 fully saturated rings. The molecule has 5 heteroatoms. The van der Waals surface area contributed by atoms with E-state index in [9.17, 15) is 5.11 Å². The van der Waals surface area contributed by atoms with E-state index in [0.29, 0.717) is 12.0 Å². The minimum Gasteiger partial charge on any atom is -0.384 e. The fourth-order valence-corrected chi connectivity index (χ4v) is 9.59. The zero-order chi connectivity index (χ0) is 27.4. The van der Waals surface area contributed by atoms with E-state index in [2.05, 4.69) is 75.5 Å². The summed E-state index contributed by atoms with van der Waals surface area (Å²) in [6.45, 7) is 4.47. The van der Waals surface area contributed by atoms with Crippen LogP contribution in [0.1, 0.15) is 69.9 Å². The topological polar surface area (TPSA) is 55.4 Å². The summed E-state index contributed by atoms with van der Waals surface area (Å²) >= 11 is 0. The molecule has 1 spiro atoms. The van der Waals surface area contributed by atoms with Gasteiger partial charge >= 0.3 is 0 Å². The van der Waals surface area contributed by atoms with Crippen molar-refractivity contribution in [2.24, 2.45) is 11.3 Å². The van der Waals surface area contributed by atoms with Gasteiger partial charge in [-0.1, -0.05) is 42.5 Å². The first-order chi connectivity index (χ1) is 20.2. The molecular formula is C36H44N4O. The monoisotopic (exact) mass is 548 g/mol. The number of allylic oxidation sites excluding steroid dienone is 4. The van der Waals surface area contributed by atoms with Crippen LogP contribution in [0.25, 0.3) is 27.4 Å². The SMILES string of the molecule is O[C@]12C=C(c3nccc4c3[nH]c3ccccc34)[C@@H]3CCN(CCCC/C=C/CC1)C[C@@]31C[C@@H]3/C=C\CCCCN3C12. The Balaban J connectivity index is 1.35. The highest BCUT2D eigenvalue weighted by atomic mass is 16.3. The van der Waals surface area contributed by atoms with Gasteiger partial charge in [0.05, 0.1) is 22.9 Å². The van der Waals surface area contributed by atoms with Crippen LogP contribution in [0.3, 0.4) is 0 Å². The van der Waals surface area contributed by atoms with Gasteiger partial charge in [0.15, 0.2) is 0 Å². The van der Waals surface area contributed by atoms with Gasteiger partial charge in [-0.3, -0.25) is 9.88 Å². The molecule has 214 valence electrons. The third-order valence-electron chi connectivity index (χ3n) is 11.2. The van der Waals surface area contributed by atoms with Crippen LogP contribution in [0.2, 0.25) is 0 Å². The van der Waals surface area contributed by atoms with Gasteiger partial charge in [0.2, 0.25) is 0 Å². The number of pyridine rings is 1. The number of piperidine rings is 1. The summed E-state index contributed by atoms with van der Waals surface area (Å²) in [5.74, 6) is 0.385. The summed E-state index contributed by atoms with van der Waals surface area (Å²) in [4.78, 5) is 14.4. The van der Waals surface area contributed by atoms with E-state index in [1.807, 2.05) is 6.20 Å². The molecule has 2 aromatic heterocycles. The van der Waals surface area contributed by atoms with Crippen molar-refractivity contribution >= 4 is 27.4 Å². The predicted octanol–water partition coefficient (Wildman–Crippen LogP) is 6.86. The van der Waals surface area contributed by atoms with Crippen molar-refractivity contribution in [2.75, 3.05) is 26.2 Å². The van der Waals surface area contributed by atoms with Crippen molar-refractivity contribution in [1.82, 2.24) is 19.8 Å². The molecule has 0 saturated carbocycles. The molecule has 41 heavy (non-hydrogen) atoms. The number of hydrogen-bond acceptors (Lipinski definition) is 4. The van der Waals surface area contributed by atoms with Gasteiger partial charge in [-0.15, -0.1) is 0 Å². The van der Waals surface area contributed by atoms with Gasteiger partial charge in [0.1, 0.15) is 0 Å². The molecule has 4 aliphatic heterocycles. The van der Waals surface area contributed by atoms with Crippen molar-refractivity contribution in [2.45, 2.75) is 81.9 Å². The fourth-order valence-electron chi connectivity index (χ4n) is 9.59. The van der Waals surface area contributed by atoms with E-state index in [1.54, 1.807) is 0 Å². The molecule has 0 amide bonds. The minimum absolute atomic E-state index is 0.00403. The van der Waals surface area contributed by atoms with Crippen LogP contribution in [-0.2, 0) is 0 Å². The first-order valence-electron chi connectivity index (χ1n) is 16.3. The Hall–Kier alpha value is -2.73. The number of H-pyrrole nitrogens is 1. The molecule has 1 aliphatic carbocycles. The molecule has 6 atom stereocenters. The van der Waals surface area contributed by atoms with Gasteiger partial charge in [-0.25, -0.2) is 0 Å². The average Bonchev–Trinajstić information content (AvgIpc) is 3.49. The number of benzene rings is 1. The molecular weight excluding hydrogens is 504 g/mol. The molecule has 2 N–H and O–H groups in total. The van der Waals surface area contributed by atoms with Gasteiger partial charge in [0.25, 0.3) is 0 Å². The molecule has 3 bridgehead atoms. The normalized spacial score (nSPS) is 37.6. The van der Waals surface area contributed by atoms with Gasteiger partial charge in [-0.05, 0) is 114 Å². The summed E-state index contributed by atoms with van der Waals surface area (Å²) < 4.78 is 0. The molecule has 2 saturated heterocycles. The highest BCUT2D eigenvalue weighted by Gasteiger charge is 2.65. The van der Waals surface area contributed by atoms with Gasteiger partial charge < -0.3 is 15.0 Å². The first-order valence-corrected chi connectivity index (χ1v) is 16.3. The molecule has 5 aliphatic rings. The Morgan fingerprint density at radius 3 is 2.71 bits per heavy atom. The summed E-state index contributed by atoms with van der Waals surface area (Å²) in [5, 5.41) is 15.5. The Bertz CT molecular complexity index is 1530. The van der Waals surface area contributed by atoms with Gasteiger partial charge in [-0.2, -0.15) is 0 Å². The second-order valence-electron chi connectivity index (χ2n) is 13.5. The number of rotatable bonds is 1. The third kappa shape index (κ3) is 4.18. The summed E-state index contributed by atoms with van der Waals surface area (Å²) in [5.41, 5.74) is 3.74. The Morgan fingerprint density at radius 1 is 0.902 bits per heavy atom. The summed E-state index contributed by atoms with van der Waals surface area (Å²) in [7, 11) is 0. The Kier molecular flexibility index (Phi) is 6.46. The van der Waals surface area contributed by atoms with Crippen molar-refractivity contribution in [1.29, 1.82) is 0 Å². The quantitative estimate of drug-likeness (QED) is 0.326. The first kappa shape index (κ1) is 25.9. The van der Waals surface area contributed by atoms with Gasteiger partial charge in [0, 0.05) is 40.5 Å². The molecule has 1 aromatic carbocycles. The number of nitrogens with one attached hydrogen (secondary N) is 1. The van der Waals surface area contributed by atoms with Crippen molar-refractivity contribution in [3.63, 3.8) is 0 Å². The molecule has 8 rings (SSSR count). The van der Waals surface area contributed by atoms with Crippen LogP contribution in [0.15, 0.2) is 66.9 Å². The standard InChI is InChI=1S/C36H44N4O/c41-36-18-10-4-1-2-5-11-20-39-22-17-30(35(25-39)23-26-13-7-3-6-12-21-40(26)34(35)36)29(24-36)32-33-28(16-19-37-32)27-14-8-9-15-31(27)38-33/h1,4,7-9,13-16,19,24,26,30,34,38,41H,2-3,5-6,10-12,17-18,20-23,25H2/b4-1+,13-7-/t26-,30-,34?,35-,36-/m0/s1. The highest BCUT2D eigenvalue weighted by Crippen LogP contribution is 2.61. The number of aromatic nitrogens is 2. The minimum atomic E-state index is -0.898. The van der Waals surface area contributed by atoms with Crippen molar-refractivity contribution < 1.29 is 5.11 Å². The van der Waals surface area contributed by atoms with Crippen LogP contribution >= 0.6 is 0 Å². The highest BCUT2D eigenvalue weighted by molar-refractivity contribution is 6.09. The Labute approximate surface area is 244 Å². The predicted molar refractivity (Wildman–Crippen MR) is 168 cm³/mol. The van der Waals surface area contributed by atoms with E-state index >= 15 is 0 Å². The summed E-state index contributed by atoms with van der Waals surface area (Å²) in [6.07, 6.45) is 25.2. The van der Waals surface area contributed by atoms with E-state index in [4.69, 9.17) is 4.98 Å². The smallest absolute Gasteiger partial charge is 0.0998 e. The van der Waals surface area contributed by atoms with E-state index in [-0.39, 0.29) is 11.5 Å². The Morgan fingerprint density at radius 2 is 1.76 bits per heavy atom. The van der Waals surface area contributed by atoms with Crippen LogP contribution in [0.4, 0.5) is 0 Å². The fraction of sp³-hybridized carbons (Fsp3) is 0.528. The number of fused-ring (bicyclic) bond motifs is 5. The number of nitrogens with zero attached hydrogens (tertiary/aromatic N) is 3. The number of para-hydroxylation sites is 1. The van der Waals surface area contributed by atoms with E-state index < -0.39 is 5.60 Å². The molecule has 6 heterocycles. The van der Waals surface area contributed by atoms with Crippen LogP contribution in [0, 0.1) is 11.3 Å². The zero-order valence-electron chi connectivity index (χ0n) is 24.3. The lowest BCUT2D eigenvalue weighted by Crippen LogP contribution is -2.65. The molecule has 0 radical (unpaired) electrons. The maximum absolute atomic E-state index is 13.1. The number of aliphatic hydroxyl groups is 1. The van der Waals surface area contributed by atoms with E-state index in [0.717, 1.165) is 68.5 Å². The maximum atomic E-state index is 13.1. The largest absolute Gasteiger partial charge is 0.384 e. The molecule has 5 nitrogen and oxygen atoms in total. The van der Waals surface area contributed by atoms with Crippen LogP contribution in [-0.4, -0.2) is 68.7 Å². The second kappa shape index (κ2) is 10.2. The van der Waals surface area contributed by atoms with Crippen molar-refractivity contribution in [3.05, 3.63) is 72.6 Å². The zero-order valence-corrected chi connectivity index (χ0v) is 24.3. The third-order valence-corrected chi connectivity index (χ3v) is 11.2. The maximum Gasteiger partial charge on any atom is 0.0998 e. The average molecular weight is 549 g/mol. The molecule has 2 unspecified atom stereocenters. The lowest BCUT2D eigenvalue weighted by atomic mass is 9.54. The lowest BCUT2D eigenvalue weighted by molar-refractivity contribution is -0.0894. The van der Waals surface area contributed by atoms with Crippen molar-refractivity contribution in [3.8, 4) is 0 Å². The van der Waals surface area contributed by atoms with Crippen LogP contribution in [0.5, 0.6) is 0 Å². The molecule has 3 aromatic rings. The number of hydrogen-bond donors (Lipinski definition) is 2. The second-order valence-corrected chi connectivity index (χ2v) is 13.5. The van der Waals surface area contributed by atoms with Crippen LogP contribution < -0.4 is 0 Å².